The molecule has 1 amide bonds. The second-order valence-electron chi connectivity index (χ2n) is 6.85. The Hall–Kier alpha value is -2.47. The molecule has 0 radical (unpaired) electrons. The van der Waals surface area contributed by atoms with Crippen molar-refractivity contribution in [3.63, 3.8) is 0 Å². The fraction of sp³-hybridized carbons (Fsp3) is 0.476. The van der Waals surface area contributed by atoms with E-state index in [1.54, 1.807) is 6.07 Å². The molecule has 2 N–H and O–H groups in total. The summed E-state index contributed by atoms with van der Waals surface area (Å²) in [5.74, 6) is 0.256. The number of para-hydroxylation sites is 1. The molecule has 27 heavy (non-hydrogen) atoms. The molecule has 1 aliphatic heterocycles. The summed E-state index contributed by atoms with van der Waals surface area (Å²) in [4.78, 5) is 21.4. The number of nitrogens with zero attached hydrogens (tertiary/aromatic N) is 2. The lowest BCUT2D eigenvalue weighted by Crippen LogP contribution is -2.32. The normalized spacial score (nSPS) is 16.3. The molecule has 1 atom stereocenters. The summed E-state index contributed by atoms with van der Waals surface area (Å²) in [5, 5.41) is 6.27. The molecular formula is C21H28N4O2. The van der Waals surface area contributed by atoms with Crippen molar-refractivity contribution in [3.05, 3.63) is 46.8 Å². The van der Waals surface area contributed by atoms with Gasteiger partial charge in [0.05, 0.1) is 6.10 Å². The number of aryl methyl sites for hydroxylation is 3. The van der Waals surface area contributed by atoms with Crippen molar-refractivity contribution in [2.24, 2.45) is 0 Å². The topological polar surface area (TPSA) is 76.1 Å². The van der Waals surface area contributed by atoms with Gasteiger partial charge in [-0.2, -0.15) is 0 Å². The molecule has 0 bridgehead atoms. The Morgan fingerprint density at radius 1 is 1.22 bits per heavy atom. The molecule has 0 saturated carbocycles. The highest BCUT2D eigenvalue weighted by Gasteiger charge is 2.18. The maximum absolute atomic E-state index is 12.5. The van der Waals surface area contributed by atoms with Gasteiger partial charge in [0.1, 0.15) is 5.69 Å². The van der Waals surface area contributed by atoms with Crippen LogP contribution in [-0.2, 0) is 17.6 Å². The van der Waals surface area contributed by atoms with Crippen molar-refractivity contribution < 1.29 is 9.53 Å². The maximum Gasteiger partial charge on any atom is 0.270 e. The van der Waals surface area contributed by atoms with Gasteiger partial charge in [-0.15, -0.1) is 0 Å². The van der Waals surface area contributed by atoms with Gasteiger partial charge < -0.3 is 15.4 Å². The van der Waals surface area contributed by atoms with Crippen molar-refractivity contribution in [2.75, 3.05) is 18.5 Å². The standard InChI is InChI=1S/C21H28N4O2/c1-4-15-8-6-9-16(5-2)19(15)25-21-23-14(3)12-18(24-21)20(26)22-13-17-10-7-11-27-17/h6,8-9,12,17H,4-5,7,10-11,13H2,1-3H3,(H,22,26)(H,23,24,25). The Bertz CT molecular complexity index is 779. The first-order valence-electron chi connectivity index (χ1n) is 9.74. The number of amides is 1. The van der Waals surface area contributed by atoms with Gasteiger partial charge in [0.15, 0.2) is 0 Å². The average molecular weight is 368 g/mol. The van der Waals surface area contributed by atoms with Crippen LogP contribution in [0.5, 0.6) is 0 Å². The molecule has 1 unspecified atom stereocenters. The number of carbonyl (C=O) groups is 1. The van der Waals surface area contributed by atoms with Crippen LogP contribution in [0, 0.1) is 6.92 Å². The number of aromatic nitrogens is 2. The summed E-state index contributed by atoms with van der Waals surface area (Å²) < 4.78 is 5.56. The third-order valence-corrected chi connectivity index (χ3v) is 4.84. The van der Waals surface area contributed by atoms with Crippen molar-refractivity contribution in [1.82, 2.24) is 15.3 Å². The molecule has 1 aromatic heterocycles. The highest BCUT2D eigenvalue weighted by molar-refractivity contribution is 5.92. The SMILES string of the molecule is CCc1cccc(CC)c1Nc1nc(C)cc(C(=O)NCC2CCCO2)n1. The van der Waals surface area contributed by atoms with Crippen molar-refractivity contribution in [2.45, 2.75) is 52.6 Å². The molecule has 6 heteroatoms. The minimum absolute atomic E-state index is 0.109. The van der Waals surface area contributed by atoms with Crippen molar-refractivity contribution in [3.8, 4) is 0 Å². The second-order valence-corrected chi connectivity index (χ2v) is 6.85. The molecule has 6 nitrogen and oxygen atoms in total. The summed E-state index contributed by atoms with van der Waals surface area (Å²) in [7, 11) is 0. The van der Waals surface area contributed by atoms with E-state index in [0.29, 0.717) is 18.2 Å². The summed E-state index contributed by atoms with van der Waals surface area (Å²) in [6, 6.07) is 7.99. The summed E-state index contributed by atoms with van der Waals surface area (Å²) in [5.41, 5.74) is 4.59. The predicted molar refractivity (Wildman–Crippen MR) is 107 cm³/mol. The van der Waals surface area contributed by atoms with Gasteiger partial charge in [0.25, 0.3) is 5.91 Å². The molecular weight excluding hydrogens is 340 g/mol. The quantitative estimate of drug-likeness (QED) is 0.781. The Morgan fingerprint density at radius 2 is 1.96 bits per heavy atom. The maximum atomic E-state index is 12.5. The molecule has 1 saturated heterocycles. The van der Waals surface area contributed by atoms with E-state index in [1.165, 1.54) is 11.1 Å². The Morgan fingerprint density at radius 3 is 2.59 bits per heavy atom. The number of hydrogen-bond donors (Lipinski definition) is 2. The van der Waals surface area contributed by atoms with E-state index in [0.717, 1.165) is 43.7 Å². The number of carbonyl (C=O) groups excluding carboxylic acids is 1. The van der Waals surface area contributed by atoms with Gasteiger partial charge in [-0.1, -0.05) is 32.0 Å². The van der Waals surface area contributed by atoms with Crippen LogP contribution in [0.4, 0.5) is 11.6 Å². The minimum atomic E-state index is -0.196. The van der Waals surface area contributed by atoms with E-state index >= 15 is 0 Å². The first-order valence-corrected chi connectivity index (χ1v) is 9.74. The second kappa shape index (κ2) is 8.95. The lowest BCUT2D eigenvalue weighted by atomic mass is 10.0. The van der Waals surface area contributed by atoms with Crippen molar-refractivity contribution >= 4 is 17.5 Å². The van der Waals surface area contributed by atoms with Gasteiger partial charge >= 0.3 is 0 Å². The number of benzene rings is 1. The van der Waals surface area contributed by atoms with Crippen LogP contribution in [0.3, 0.4) is 0 Å². The van der Waals surface area contributed by atoms with E-state index in [2.05, 4.69) is 52.6 Å². The molecule has 1 fully saturated rings. The van der Waals surface area contributed by atoms with Crippen LogP contribution in [0.1, 0.15) is 54.0 Å². The molecule has 1 aliphatic rings. The Balaban J connectivity index is 1.78. The number of hydrogen-bond acceptors (Lipinski definition) is 5. The zero-order valence-electron chi connectivity index (χ0n) is 16.3. The van der Waals surface area contributed by atoms with Gasteiger partial charge in [-0.05, 0) is 49.8 Å². The summed E-state index contributed by atoms with van der Waals surface area (Å²) in [6.45, 7) is 7.42. The monoisotopic (exact) mass is 368 g/mol. The summed E-state index contributed by atoms with van der Waals surface area (Å²) in [6.07, 6.45) is 3.98. The smallest absolute Gasteiger partial charge is 0.270 e. The predicted octanol–water partition coefficient (Wildman–Crippen LogP) is 3.56. The molecule has 0 aliphatic carbocycles. The Labute approximate surface area is 160 Å². The number of anilines is 2. The lowest BCUT2D eigenvalue weighted by molar-refractivity contribution is 0.0853. The van der Waals surface area contributed by atoms with Crippen LogP contribution in [0.15, 0.2) is 24.3 Å². The lowest BCUT2D eigenvalue weighted by Gasteiger charge is -2.15. The first-order chi connectivity index (χ1) is 13.1. The fourth-order valence-corrected chi connectivity index (χ4v) is 3.36. The fourth-order valence-electron chi connectivity index (χ4n) is 3.36. The van der Waals surface area contributed by atoms with Crippen LogP contribution < -0.4 is 10.6 Å². The third kappa shape index (κ3) is 4.83. The van der Waals surface area contributed by atoms with E-state index < -0.39 is 0 Å². The average Bonchev–Trinajstić information content (AvgIpc) is 3.19. The van der Waals surface area contributed by atoms with E-state index in [4.69, 9.17) is 4.74 Å². The zero-order valence-corrected chi connectivity index (χ0v) is 16.3. The number of rotatable bonds is 7. The molecule has 1 aromatic carbocycles. The molecule has 2 aromatic rings. The Kier molecular flexibility index (Phi) is 6.40. The largest absolute Gasteiger partial charge is 0.376 e. The minimum Gasteiger partial charge on any atom is -0.376 e. The number of ether oxygens (including phenoxy) is 1. The summed E-state index contributed by atoms with van der Waals surface area (Å²) >= 11 is 0. The van der Waals surface area contributed by atoms with E-state index in [1.807, 2.05) is 6.92 Å². The molecule has 144 valence electrons. The number of nitrogens with one attached hydrogen (secondary N) is 2. The van der Waals surface area contributed by atoms with Gasteiger partial charge in [-0.25, -0.2) is 9.97 Å². The van der Waals surface area contributed by atoms with Gasteiger partial charge in [-0.3, -0.25) is 4.79 Å². The van der Waals surface area contributed by atoms with Gasteiger partial charge in [0.2, 0.25) is 5.95 Å². The molecule has 3 rings (SSSR count). The third-order valence-electron chi connectivity index (χ3n) is 4.84. The zero-order chi connectivity index (χ0) is 19.2. The van der Waals surface area contributed by atoms with E-state index in [-0.39, 0.29) is 12.0 Å². The van der Waals surface area contributed by atoms with Crippen LogP contribution in [0.2, 0.25) is 0 Å². The highest BCUT2D eigenvalue weighted by atomic mass is 16.5. The van der Waals surface area contributed by atoms with E-state index in [9.17, 15) is 4.79 Å². The van der Waals surface area contributed by atoms with Gasteiger partial charge in [0, 0.05) is 24.5 Å². The first kappa shape index (κ1) is 19.3. The van der Waals surface area contributed by atoms with Crippen LogP contribution >= 0.6 is 0 Å². The highest BCUT2D eigenvalue weighted by Crippen LogP contribution is 2.25. The molecule has 0 spiro atoms. The van der Waals surface area contributed by atoms with Crippen LogP contribution in [0.25, 0.3) is 0 Å². The molecule has 2 heterocycles. The van der Waals surface area contributed by atoms with Crippen LogP contribution in [-0.4, -0.2) is 35.1 Å². The van der Waals surface area contributed by atoms with Crippen molar-refractivity contribution in [1.29, 1.82) is 0 Å².